The second-order valence-corrected chi connectivity index (χ2v) is 13.3. The molecule has 0 aliphatic heterocycles. The van der Waals surface area contributed by atoms with Crippen LogP contribution in [0.1, 0.15) is 0 Å². The molecule has 0 N–H and O–H groups in total. The molecule has 0 radical (unpaired) electrons. The minimum atomic E-state index is 0.601. The topological polar surface area (TPSA) is 64.7 Å². The Morgan fingerprint density at radius 2 is 1.14 bits per heavy atom. The van der Waals surface area contributed by atoms with Crippen molar-refractivity contribution in [3.8, 4) is 56.5 Å². The molecule has 6 heteroatoms. The normalized spacial score (nSPS) is 11.6. The highest BCUT2D eigenvalue weighted by molar-refractivity contribution is 7.25. The summed E-state index contributed by atoms with van der Waals surface area (Å²) in [4.78, 5) is 19.8. The van der Waals surface area contributed by atoms with Crippen molar-refractivity contribution in [3.63, 3.8) is 0 Å². The van der Waals surface area contributed by atoms with Crippen molar-refractivity contribution in [1.29, 1.82) is 0 Å². The maximum Gasteiger partial charge on any atom is 0.164 e. The Bertz CT molecular complexity index is 2860. The van der Waals surface area contributed by atoms with Gasteiger partial charge in [0.2, 0.25) is 0 Å². The fourth-order valence-corrected chi connectivity index (χ4v) is 7.91. The molecule has 0 aliphatic carbocycles. The lowest BCUT2D eigenvalue weighted by Gasteiger charge is -2.09. The fraction of sp³-hybridized carbons (Fsp3) is 0. The van der Waals surface area contributed by atoms with Crippen LogP contribution >= 0.6 is 11.3 Å². The summed E-state index contributed by atoms with van der Waals surface area (Å²) in [7, 11) is 0. The number of hydrogen-bond acceptors (Lipinski definition) is 6. The van der Waals surface area contributed by atoms with Gasteiger partial charge in [0, 0.05) is 59.4 Å². The maximum absolute atomic E-state index is 6.41. The van der Waals surface area contributed by atoms with E-state index in [9.17, 15) is 0 Å². The number of rotatable bonds is 5. The zero-order valence-electron chi connectivity index (χ0n) is 26.6. The molecule has 0 aliphatic rings. The molecule has 0 saturated carbocycles. The van der Waals surface area contributed by atoms with Gasteiger partial charge in [-0.2, -0.15) is 0 Å². The standard InChI is InChI=1S/C44H26N4OS/c1-2-9-29(10-3-1)42-46-43(31-20-22-33-32-11-4-5-15-39(32)50-40(33)26-31)48-44(47-42)34-12-8-14-38-41(34)35-25-30(21-23-37(35)49-38)27-16-18-28(19-17-27)36-13-6-7-24-45-36/h1-26H. The summed E-state index contributed by atoms with van der Waals surface area (Å²) in [5.41, 5.74) is 8.63. The second kappa shape index (κ2) is 11.6. The van der Waals surface area contributed by atoms with Crippen LogP contribution in [0.5, 0.6) is 0 Å². The number of thiophene rings is 1. The maximum atomic E-state index is 6.41. The van der Waals surface area contributed by atoms with Crippen LogP contribution in [0, 0.1) is 0 Å². The molecule has 0 unspecified atom stereocenters. The Kier molecular flexibility index (Phi) is 6.60. The average molecular weight is 659 g/mol. The van der Waals surface area contributed by atoms with Gasteiger partial charge in [-0.25, -0.2) is 15.0 Å². The van der Waals surface area contributed by atoms with Crippen molar-refractivity contribution in [2.75, 3.05) is 0 Å². The number of fused-ring (bicyclic) bond motifs is 6. The molecule has 0 bridgehead atoms. The van der Waals surface area contributed by atoms with E-state index in [1.54, 1.807) is 11.3 Å². The summed E-state index contributed by atoms with van der Waals surface area (Å²) < 4.78 is 8.88. The minimum Gasteiger partial charge on any atom is -0.456 e. The van der Waals surface area contributed by atoms with Gasteiger partial charge < -0.3 is 4.42 Å². The lowest BCUT2D eigenvalue weighted by atomic mass is 9.99. The van der Waals surface area contributed by atoms with E-state index in [4.69, 9.17) is 19.4 Å². The molecule has 4 heterocycles. The third kappa shape index (κ3) is 4.85. The molecule has 0 saturated heterocycles. The lowest BCUT2D eigenvalue weighted by Crippen LogP contribution is -2.00. The number of nitrogens with zero attached hydrogens (tertiary/aromatic N) is 4. The Morgan fingerprint density at radius 1 is 0.420 bits per heavy atom. The molecule has 6 aromatic carbocycles. The van der Waals surface area contributed by atoms with Crippen molar-refractivity contribution in [3.05, 3.63) is 158 Å². The van der Waals surface area contributed by atoms with Crippen LogP contribution < -0.4 is 0 Å². The molecule has 0 amide bonds. The molecule has 234 valence electrons. The van der Waals surface area contributed by atoms with Crippen LogP contribution in [0.3, 0.4) is 0 Å². The molecule has 10 aromatic rings. The van der Waals surface area contributed by atoms with Crippen LogP contribution in [0.4, 0.5) is 0 Å². The molecule has 0 fully saturated rings. The predicted molar refractivity (Wildman–Crippen MR) is 205 cm³/mol. The summed E-state index contributed by atoms with van der Waals surface area (Å²) in [5.74, 6) is 1.86. The van der Waals surface area contributed by atoms with Crippen molar-refractivity contribution >= 4 is 53.4 Å². The van der Waals surface area contributed by atoms with E-state index < -0.39 is 0 Å². The molecular formula is C44H26N4OS. The van der Waals surface area contributed by atoms with Gasteiger partial charge in [0.1, 0.15) is 11.2 Å². The van der Waals surface area contributed by atoms with Gasteiger partial charge in [-0.3, -0.25) is 4.98 Å². The van der Waals surface area contributed by atoms with Crippen molar-refractivity contribution in [1.82, 2.24) is 19.9 Å². The molecular weight excluding hydrogens is 633 g/mol. The van der Waals surface area contributed by atoms with Crippen molar-refractivity contribution < 1.29 is 4.42 Å². The molecule has 0 atom stereocenters. The zero-order valence-corrected chi connectivity index (χ0v) is 27.4. The zero-order chi connectivity index (χ0) is 33.0. The van der Waals surface area contributed by atoms with Gasteiger partial charge in [-0.1, -0.05) is 109 Å². The molecule has 5 nitrogen and oxygen atoms in total. The molecule has 0 spiro atoms. The van der Waals surface area contributed by atoms with Crippen LogP contribution in [0.25, 0.3) is 98.7 Å². The smallest absolute Gasteiger partial charge is 0.164 e. The van der Waals surface area contributed by atoms with Gasteiger partial charge in [0.05, 0.1) is 5.69 Å². The van der Waals surface area contributed by atoms with Gasteiger partial charge in [-0.15, -0.1) is 11.3 Å². The van der Waals surface area contributed by atoms with E-state index in [2.05, 4.69) is 96.0 Å². The molecule has 10 rings (SSSR count). The van der Waals surface area contributed by atoms with Crippen LogP contribution in [-0.2, 0) is 0 Å². The van der Waals surface area contributed by atoms with E-state index in [1.807, 2.05) is 66.9 Å². The molecule has 50 heavy (non-hydrogen) atoms. The summed E-state index contributed by atoms with van der Waals surface area (Å²) in [6.45, 7) is 0. The summed E-state index contributed by atoms with van der Waals surface area (Å²) in [5, 5.41) is 4.49. The number of aromatic nitrogens is 4. The Balaban J connectivity index is 1.13. The first-order chi connectivity index (χ1) is 24.7. The van der Waals surface area contributed by atoms with Crippen molar-refractivity contribution in [2.24, 2.45) is 0 Å². The van der Waals surface area contributed by atoms with E-state index in [1.165, 1.54) is 20.2 Å². The minimum absolute atomic E-state index is 0.601. The number of furan rings is 1. The third-order valence-electron chi connectivity index (χ3n) is 9.22. The largest absolute Gasteiger partial charge is 0.456 e. The van der Waals surface area contributed by atoms with E-state index in [-0.39, 0.29) is 0 Å². The monoisotopic (exact) mass is 658 g/mol. The Hall–Kier alpha value is -6.50. The lowest BCUT2D eigenvalue weighted by molar-refractivity contribution is 0.669. The fourth-order valence-electron chi connectivity index (χ4n) is 6.77. The van der Waals surface area contributed by atoms with Gasteiger partial charge >= 0.3 is 0 Å². The van der Waals surface area contributed by atoms with Crippen molar-refractivity contribution in [2.45, 2.75) is 0 Å². The third-order valence-corrected chi connectivity index (χ3v) is 10.4. The number of hydrogen-bond donors (Lipinski definition) is 0. The highest BCUT2D eigenvalue weighted by Crippen LogP contribution is 2.40. The Morgan fingerprint density at radius 3 is 2.00 bits per heavy atom. The first kappa shape index (κ1) is 28.5. The highest BCUT2D eigenvalue weighted by atomic mass is 32.1. The average Bonchev–Trinajstić information content (AvgIpc) is 3.76. The first-order valence-electron chi connectivity index (χ1n) is 16.5. The summed E-state index contributed by atoms with van der Waals surface area (Å²) >= 11 is 1.79. The first-order valence-corrected chi connectivity index (χ1v) is 17.3. The van der Waals surface area contributed by atoms with Crippen LogP contribution in [0.2, 0.25) is 0 Å². The van der Waals surface area contributed by atoms with Crippen LogP contribution in [-0.4, -0.2) is 19.9 Å². The number of pyridine rings is 1. The highest BCUT2D eigenvalue weighted by Gasteiger charge is 2.19. The Labute approximate surface area is 291 Å². The second-order valence-electron chi connectivity index (χ2n) is 12.3. The van der Waals surface area contributed by atoms with E-state index in [0.29, 0.717) is 17.5 Å². The molecule has 4 aromatic heterocycles. The summed E-state index contributed by atoms with van der Waals surface area (Å²) in [6, 6.07) is 52.1. The van der Waals surface area contributed by atoms with Gasteiger partial charge in [0.15, 0.2) is 17.5 Å². The predicted octanol–water partition coefficient (Wildman–Crippen LogP) is 11.9. The summed E-state index contributed by atoms with van der Waals surface area (Å²) in [6.07, 6.45) is 1.82. The van der Waals surface area contributed by atoms with E-state index >= 15 is 0 Å². The van der Waals surface area contributed by atoms with Crippen LogP contribution in [0.15, 0.2) is 162 Å². The van der Waals surface area contributed by atoms with E-state index in [0.717, 1.165) is 61.0 Å². The van der Waals surface area contributed by atoms with Gasteiger partial charge in [0.25, 0.3) is 0 Å². The quantitative estimate of drug-likeness (QED) is 0.184. The van der Waals surface area contributed by atoms with Gasteiger partial charge in [-0.05, 0) is 53.6 Å². The SMILES string of the molecule is c1ccc(-c2nc(-c3ccc4c(c3)sc3ccccc34)nc(-c3cccc4oc5ccc(-c6ccc(-c7ccccn7)cc6)cc5c34)n2)cc1. The number of benzene rings is 6.